The molecule has 1 atom stereocenters. The molecule has 1 saturated carbocycles. The number of hydrogen-bond donors (Lipinski definition) is 1. The summed E-state index contributed by atoms with van der Waals surface area (Å²) < 4.78 is 0. The molecule has 2 rings (SSSR count). The average molecular weight is 196 g/mol. The number of nitrogens with one attached hydrogen (secondary N) is 1. The van der Waals surface area contributed by atoms with E-state index < -0.39 is 0 Å². The Labute approximate surface area is 83.6 Å². The molecule has 1 N–H and O–H groups in total. The van der Waals surface area contributed by atoms with Gasteiger partial charge in [0.25, 0.3) is 0 Å². The standard InChI is InChI=1S/C10H16N2O2/c1-2-7-6-11-10(14)12(9(7)13)8-4-3-5-8/h7-8H,2-6H2,1H3,(H,11,14). The molecular formula is C10H16N2O2. The van der Waals surface area contributed by atoms with Crippen molar-refractivity contribution in [2.24, 2.45) is 5.92 Å². The van der Waals surface area contributed by atoms with Gasteiger partial charge in [-0.2, -0.15) is 0 Å². The molecule has 4 nitrogen and oxygen atoms in total. The molecule has 2 aliphatic rings. The molecule has 2 fully saturated rings. The van der Waals surface area contributed by atoms with Crippen LogP contribution in [0, 0.1) is 5.92 Å². The fraction of sp³-hybridized carbons (Fsp3) is 0.800. The topological polar surface area (TPSA) is 49.4 Å². The SMILES string of the molecule is CCC1CNC(=O)N(C2CCC2)C1=O. The second-order valence-electron chi connectivity index (χ2n) is 4.08. The molecule has 0 radical (unpaired) electrons. The van der Waals surface area contributed by atoms with Crippen molar-refractivity contribution < 1.29 is 9.59 Å². The first-order valence-electron chi connectivity index (χ1n) is 5.35. The van der Waals surface area contributed by atoms with Crippen LogP contribution in [0.25, 0.3) is 0 Å². The van der Waals surface area contributed by atoms with Crippen LogP contribution in [0.15, 0.2) is 0 Å². The summed E-state index contributed by atoms with van der Waals surface area (Å²) in [6, 6.07) is -0.0127. The lowest BCUT2D eigenvalue weighted by atomic mass is 9.89. The van der Waals surface area contributed by atoms with Crippen LogP contribution in [-0.4, -0.2) is 29.4 Å². The number of urea groups is 1. The average Bonchev–Trinajstić information content (AvgIpc) is 2.09. The second-order valence-corrected chi connectivity index (χ2v) is 4.08. The van der Waals surface area contributed by atoms with Crippen LogP contribution in [0.3, 0.4) is 0 Å². The number of nitrogens with zero attached hydrogens (tertiary/aromatic N) is 1. The number of hydrogen-bond acceptors (Lipinski definition) is 2. The molecule has 0 bridgehead atoms. The highest BCUT2D eigenvalue weighted by molar-refractivity contribution is 5.98. The van der Waals surface area contributed by atoms with Crippen LogP contribution in [0.2, 0.25) is 0 Å². The van der Waals surface area contributed by atoms with E-state index in [0.717, 1.165) is 25.7 Å². The minimum absolute atomic E-state index is 0.00620. The third-order valence-electron chi connectivity index (χ3n) is 3.24. The van der Waals surface area contributed by atoms with E-state index in [2.05, 4.69) is 5.32 Å². The largest absolute Gasteiger partial charge is 0.337 e. The zero-order valence-electron chi connectivity index (χ0n) is 8.45. The van der Waals surface area contributed by atoms with E-state index in [0.29, 0.717) is 6.54 Å². The van der Waals surface area contributed by atoms with E-state index >= 15 is 0 Å². The van der Waals surface area contributed by atoms with Gasteiger partial charge in [0.15, 0.2) is 0 Å². The second kappa shape index (κ2) is 3.59. The molecule has 1 unspecified atom stereocenters. The van der Waals surface area contributed by atoms with Gasteiger partial charge in [-0.25, -0.2) is 4.79 Å². The number of carbonyl (C=O) groups excluding carboxylic acids is 2. The Morgan fingerprint density at radius 2 is 2.14 bits per heavy atom. The summed E-state index contributed by atoms with van der Waals surface area (Å²) >= 11 is 0. The number of imide groups is 1. The van der Waals surface area contributed by atoms with Crippen molar-refractivity contribution in [3.63, 3.8) is 0 Å². The highest BCUT2D eigenvalue weighted by Gasteiger charge is 2.39. The summed E-state index contributed by atoms with van der Waals surface area (Å²) in [7, 11) is 0. The van der Waals surface area contributed by atoms with E-state index in [1.54, 1.807) is 0 Å². The van der Waals surface area contributed by atoms with E-state index in [1.165, 1.54) is 4.90 Å². The number of rotatable bonds is 2. The molecule has 0 aromatic heterocycles. The molecule has 1 heterocycles. The van der Waals surface area contributed by atoms with Crippen molar-refractivity contribution in [3.8, 4) is 0 Å². The third-order valence-corrected chi connectivity index (χ3v) is 3.24. The Kier molecular flexibility index (Phi) is 2.44. The van der Waals surface area contributed by atoms with E-state index in [1.807, 2.05) is 6.92 Å². The summed E-state index contributed by atoms with van der Waals surface area (Å²) in [4.78, 5) is 24.8. The third kappa shape index (κ3) is 1.38. The van der Waals surface area contributed by atoms with E-state index in [-0.39, 0.29) is 23.9 Å². The van der Waals surface area contributed by atoms with Gasteiger partial charge >= 0.3 is 6.03 Å². The Balaban J connectivity index is 2.10. The fourth-order valence-electron chi connectivity index (χ4n) is 1.99. The molecule has 3 amide bonds. The molecule has 0 aromatic rings. The lowest BCUT2D eigenvalue weighted by molar-refractivity contribution is -0.137. The summed E-state index contributed by atoms with van der Waals surface area (Å²) in [5.41, 5.74) is 0. The lowest BCUT2D eigenvalue weighted by Gasteiger charge is -2.40. The highest BCUT2D eigenvalue weighted by Crippen LogP contribution is 2.28. The zero-order chi connectivity index (χ0) is 10.1. The Bertz CT molecular complexity index is 261. The van der Waals surface area contributed by atoms with Crippen molar-refractivity contribution in [2.75, 3.05) is 6.54 Å². The van der Waals surface area contributed by atoms with Gasteiger partial charge < -0.3 is 5.32 Å². The maximum Gasteiger partial charge on any atom is 0.324 e. The number of amides is 3. The van der Waals surface area contributed by atoms with Crippen molar-refractivity contribution in [3.05, 3.63) is 0 Å². The normalized spacial score (nSPS) is 28.6. The first-order valence-corrected chi connectivity index (χ1v) is 5.35. The maximum atomic E-state index is 11.9. The van der Waals surface area contributed by atoms with Crippen LogP contribution in [0.1, 0.15) is 32.6 Å². The van der Waals surface area contributed by atoms with Crippen molar-refractivity contribution in [2.45, 2.75) is 38.6 Å². The van der Waals surface area contributed by atoms with E-state index in [4.69, 9.17) is 0 Å². The predicted molar refractivity (Wildman–Crippen MR) is 51.7 cm³/mol. The minimum atomic E-state index is -0.190. The van der Waals surface area contributed by atoms with Crippen LogP contribution in [0.4, 0.5) is 4.79 Å². The Morgan fingerprint density at radius 3 is 2.64 bits per heavy atom. The zero-order valence-corrected chi connectivity index (χ0v) is 8.45. The van der Waals surface area contributed by atoms with Crippen molar-refractivity contribution in [1.82, 2.24) is 10.2 Å². The summed E-state index contributed by atoms with van der Waals surface area (Å²) in [5.74, 6) is 0.0225. The molecule has 1 aliphatic carbocycles. The predicted octanol–water partition coefficient (Wildman–Crippen LogP) is 1.12. The van der Waals surface area contributed by atoms with Gasteiger partial charge in [-0.05, 0) is 25.7 Å². The smallest absolute Gasteiger partial charge is 0.324 e. The summed E-state index contributed by atoms with van der Waals surface area (Å²) in [5, 5.41) is 2.78. The van der Waals surface area contributed by atoms with Crippen LogP contribution in [0.5, 0.6) is 0 Å². The monoisotopic (exact) mass is 196 g/mol. The van der Waals surface area contributed by atoms with Crippen molar-refractivity contribution in [1.29, 1.82) is 0 Å². The molecule has 4 heteroatoms. The van der Waals surface area contributed by atoms with Gasteiger partial charge in [0.1, 0.15) is 0 Å². The first-order chi connectivity index (χ1) is 6.74. The Morgan fingerprint density at radius 1 is 1.43 bits per heavy atom. The van der Waals surface area contributed by atoms with Gasteiger partial charge in [0, 0.05) is 12.6 Å². The molecule has 14 heavy (non-hydrogen) atoms. The highest BCUT2D eigenvalue weighted by atomic mass is 16.2. The van der Waals surface area contributed by atoms with Gasteiger partial charge in [0.2, 0.25) is 5.91 Å². The lowest BCUT2D eigenvalue weighted by Crippen LogP contribution is -2.59. The molecule has 0 spiro atoms. The molecule has 1 aliphatic heterocycles. The van der Waals surface area contributed by atoms with E-state index in [9.17, 15) is 9.59 Å². The molecular weight excluding hydrogens is 180 g/mol. The molecule has 0 aromatic carbocycles. The van der Waals surface area contributed by atoms with Gasteiger partial charge in [-0.15, -0.1) is 0 Å². The Hall–Kier alpha value is -1.06. The van der Waals surface area contributed by atoms with Gasteiger partial charge in [-0.3, -0.25) is 9.69 Å². The maximum absolute atomic E-state index is 11.9. The number of carbonyl (C=O) groups is 2. The van der Waals surface area contributed by atoms with Crippen molar-refractivity contribution >= 4 is 11.9 Å². The van der Waals surface area contributed by atoms with Gasteiger partial charge in [0.05, 0.1) is 5.92 Å². The summed E-state index contributed by atoms with van der Waals surface area (Å²) in [6.45, 7) is 2.50. The molecule has 78 valence electrons. The van der Waals surface area contributed by atoms with Crippen LogP contribution < -0.4 is 5.32 Å². The first kappa shape index (κ1) is 9.49. The van der Waals surface area contributed by atoms with Crippen LogP contribution >= 0.6 is 0 Å². The summed E-state index contributed by atoms with van der Waals surface area (Å²) in [6.07, 6.45) is 3.91. The fourth-order valence-corrected chi connectivity index (χ4v) is 1.99. The molecule has 1 saturated heterocycles. The minimum Gasteiger partial charge on any atom is -0.337 e. The quantitative estimate of drug-likeness (QED) is 0.719. The van der Waals surface area contributed by atoms with Gasteiger partial charge in [-0.1, -0.05) is 6.92 Å². The van der Waals surface area contributed by atoms with Crippen LogP contribution in [-0.2, 0) is 4.79 Å².